The van der Waals surface area contributed by atoms with E-state index in [1.165, 1.54) is 16.2 Å². The molecule has 0 aliphatic carbocycles. The van der Waals surface area contributed by atoms with Gasteiger partial charge in [-0.05, 0) is 46.5 Å². The molecular weight excluding hydrogens is 466 g/mol. The summed E-state index contributed by atoms with van der Waals surface area (Å²) in [5.41, 5.74) is 6.12. The minimum Gasteiger partial charge on any atom is -0.439 e. The summed E-state index contributed by atoms with van der Waals surface area (Å²) in [5, 5.41) is 10.1. The Labute approximate surface area is 215 Å². The van der Waals surface area contributed by atoms with Gasteiger partial charge in [0.05, 0.1) is 22.1 Å². The van der Waals surface area contributed by atoms with Crippen molar-refractivity contribution < 1.29 is 4.42 Å². The molecule has 5 aromatic carbocycles. The number of hydrogen-bond donors (Lipinski definition) is 1. The fourth-order valence-corrected chi connectivity index (χ4v) is 6.11. The van der Waals surface area contributed by atoms with E-state index < -0.39 is 0 Å². The molecule has 4 aromatic heterocycles. The summed E-state index contributed by atoms with van der Waals surface area (Å²) in [7, 11) is 0. The van der Waals surface area contributed by atoms with Gasteiger partial charge in [0.2, 0.25) is 5.71 Å². The molecule has 0 spiro atoms. The highest BCUT2D eigenvalue weighted by Gasteiger charge is 2.13. The first-order chi connectivity index (χ1) is 18.8. The lowest BCUT2D eigenvalue weighted by atomic mass is 9.99. The maximum atomic E-state index is 6.35. The SMILES string of the molecule is c1cc2cc(c1)c1cccc3c4cccc(c5ccc6c7ccccc7c7ccc(nc7c6n5)o2)c4[nH]c13. The minimum atomic E-state index is 0.551. The Morgan fingerprint density at radius 2 is 1.11 bits per heavy atom. The fraction of sp³-hybridized carbons (Fsp3) is 0. The number of hydrogen-bond acceptors (Lipinski definition) is 3. The molecule has 4 nitrogen and oxygen atoms in total. The van der Waals surface area contributed by atoms with Crippen molar-refractivity contribution in [2.75, 3.05) is 0 Å². The highest BCUT2D eigenvalue weighted by molar-refractivity contribution is 6.25. The van der Waals surface area contributed by atoms with Crippen molar-refractivity contribution in [3.63, 3.8) is 0 Å². The zero-order valence-electron chi connectivity index (χ0n) is 20.2. The number of nitrogens with one attached hydrogen (secondary N) is 1. The van der Waals surface area contributed by atoms with Crippen LogP contribution in [0.5, 0.6) is 0 Å². The Balaban J connectivity index is 1.63. The molecular formula is C34H19N3O. The molecule has 0 amide bonds. The van der Waals surface area contributed by atoms with E-state index in [-0.39, 0.29) is 0 Å². The lowest BCUT2D eigenvalue weighted by Gasteiger charge is -2.09. The normalized spacial score (nSPS) is 12.2. The molecule has 176 valence electrons. The van der Waals surface area contributed by atoms with Crippen molar-refractivity contribution in [3.05, 3.63) is 109 Å². The van der Waals surface area contributed by atoms with E-state index in [0.29, 0.717) is 5.71 Å². The minimum absolute atomic E-state index is 0.551. The number of aromatic amines is 1. The molecule has 0 atom stereocenters. The number of pyridine rings is 2. The molecule has 9 rings (SSSR count). The van der Waals surface area contributed by atoms with E-state index in [1.54, 1.807) is 0 Å². The van der Waals surface area contributed by atoms with Gasteiger partial charge in [0, 0.05) is 38.4 Å². The quantitative estimate of drug-likeness (QED) is 0.218. The lowest BCUT2D eigenvalue weighted by Crippen LogP contribution is -1.89. The second-order valence-corrected chi connectivity index (χ2v) is 9.90. The average molecular weight is 486 g/mol. The van der Waals surface area contributed by atoms with Crippen LogP contribution < -0.4 is 0 Å². The zero-order valence-corrected chi connectivity index (χ0v) is 20.2. The van der Waals surface area contributed by atoms with E-state index in [4.69, 9.17) is 14.4 Å². The van der Waals surface area contributed by atoms with Crippen LogP contribution in [0.25, 0.3) is 87.4 Å². The molecule has 4 heterocycles. The Kier molecular flexibility index (Phi) is 3.76. The molecule has 0 radical (unpaired) electrons. The number of rotatable bonds is 0. The Morgan fingerprint density at radius 3 is 1.92 bits per heavy atom. The van der Waals surface area contributed by atoms with Gasteiger partial charge >= 0.3 is 0 Å². The predicted octanol–water partition coefficient (Wildman–Crippen LogP) is 9.19. The number of aromatic nitrogens is 3. The smallest absolute Gasteiger partial charge is 0.219 e. The highest BCUT2D eigenvalue weighted by Crippen LogP contribution is 2.36. The fourth-order valence-electron chi connectivity index (χ4n) is 6.11. The van der Waals surface area contributed by atoms with Gasteiger partial charge in [-0.3, -0.25) is 0 Å². The third kappa shape index (κ3) is 2.64. The average Bonchev–Trinajstić information content (AvgIpc) is 3.36. The second-order valence-electron chi connectivity index (χ2n) is 9.90. The van der Waals surface area contributed by atoms with Crippen LogP contribution >= 0.6 is 0 Å². The van der Waals surface area contributed by atoms with Crippen molar-refractivity contribution in [1.82, 2.24) is 15.0 Å². The summed E-state index contributed by atoms with van der Waals surface area (Å²) in [6.45, 7) is 0. The van der Waals surface area contributed by atoms with Crippen LogP contribution in [0.1, 0.15) is 0 Å². The van der Waals surface area contributed by atoms with Crippen LogP contribution in [0.2, 0.25) is 0 Å². The summed E-state index contributed by atoms with van der Waals surface area (Å²) < 4.78 is 6.35. The van der Waals surface area contributed by atoms with E-state index in [1.807, 2.05) is 18.2 Å². The van der Waals surface area contributed by atoms with E-state index in [2.05, 4.69) is 96.0 Å². The van der Waals surface area contributed by atoms with Crippen LogP contribution in [-0.2, 0) is 0 Å². The predicted molar refractivity (Wildman–Crippen MR) is 158 cm³/mol. The van der Waals surface area contributed by atoms with Crippen molar-refractivity contribution in [2.45, 2.75) is 0 Å². The Bertz CT molecular complexity index is 2470. The maximum absolute atomic E-state index is 6.35. The standard InChI is InChI=1S/C34H19N3O/c1-2-9-23-22(8-1)26-14-16-29-28-13-5-12-25-24-11-4-10-21(31(24)37-32(25)28)19-6-3-7-20(18-19)38-30-17-15-27(23)34(36-30)33(26)35-29/h1-18,37H. The molecule has 4 heteroatoms. The monoisotopic (exact) mass is 485 g/mol. The number of fused-ring (bicyclic) bond motifs is 10. The van der Waals surface area contributed by atoms with Gasteiger partial charge in [-0.2, -0.15) is 0 Å². The summed E-state index contributed by atoms with van der Waals surface area (Å²) in [6, 6.07) is 38.0. The Hall–Kier alpha value is -5.22. The topological polar surface area (TPSA) is 54.7 Å². The second kappa shape index (κ2) is 7.17. The first-order valence-electron chi connectivity index (χ1n) is 12.8. The zero-order chi connectivity index (χ0) is 24.8. The van der Waals surface area contributed by atoms with Crippen LogP contribution in [0.3, 0.4) is 0 Å². The molecule has 1 N–H and O–H groups in total. The van der Waals surface area contributed by atoms with E-state index >= 15 is 0 Å². The molecule has 0 aliphatic heterocycles. The summed E-state index contributed by atoms with van der Waals surface area (Å²) >= 11 is 0. The summed E-state index contributed by atoms with van der Waals surface area (Å²) in [4.78, 5) is 14.1. The van der Waals surface area contributed by atoms with Gasteiger partial charge in [0.15, 0.2) is 0 Å². The molecule has 0 fully saturated rings. The summed E-state index contributed by atoms with van der Waals surface area (Å²) in [5.74, 6) is 0. The molecule has 9 aromatic rings. The Morgan fingerprint density at radius 1 is 0.474 bits per heavy atom. The molecule has 0 saturated carbocycles. The molecule has 0 aliphatic rings. The number of benzene rings is 5. The van der Waals surface area contributed by atoms with Gasteiger partial charge in [0.1, 0.15) is 11.1 Å². The molecule has 38 heavy (non-hydrogen) atoms. The van der Waals surface area contributed by atoms with Crippen LogP contribution in [0.15, 0.2) is 114 Å². The third-order valence-corrected chi connectivity index (χ3v) is 7.81. The largest absolute Gasteiger partial charge is 0.439 e. The van der Waals surface area contributed by atoms with Gasteiger partial charge in [0.25, 0.3) is 0 Å². The van der Waals surface area contributed by atoms with Crippen molar-refractivity contribution in [2.24, 2.45) is 0 Å². The molecule has 0 saturated heterocycles. The first-order valence-corrected chi connectivity index (χ1v) is 12.8. The van der Waals surface area contributed by atoms with Gasteiger partial charge < -0.3 is 9.40 Å². The number of H-pyrrole nitrogens is 1. The highest BCUT2D eigenvalue weighted by atomic mass is 16.3. The van der Waals surface area contributed by atoms with Crippen molar-refractivity contribution in [1.29, 1.82) is 0 Å². The number of nitrogens with zero attached hydrogens (tertiary/aromatic N) is 2. The van der Waals surface area contributed by atoms with E-state index in [9.17, 15) is 0 Å². The van der Waals surface area contributed by atoms with Gasteiger partial charge in [-0.15, -0.1) is 0 Å². The number of para-hydroxylation sites is 2. The van der Waals surface area contributed by atoms with E-state index in [0.717, 1.165) is 65.5 Å². The summed E-state index contributed by atoms with van der Waals surface area (Å²) in [6.07, 6.45) is 0. The van der Waals surface area contributed by atoms with Crippen LogP contribution in [-0.4, -0.2) is 15.0 Å². The first kappa shape index (κ1) is 19.9. The van der Waals surface area contributed by atoms with Gasteiger partial charge in [-0.25, -0.2) is 9.97 Å². The maximum Gasteiger partial charge on any atom is 0.219 e. The molecule has 8 bridgehead atoms. The van der Waals surface area contributed by atoms with Crippen molar-refractivity contribution in [3.8, 4) is 0 Å². The third-order valence-electron chi connectivity index (χ3n) is 7.81. The molecule has 0 unspecified atom stereocenters. The van der Waals surface area contributed by atoms with Crippen molar-refractivity contribution >= 4 is 87.4 Å². The van der Waals surface area contributed by atoms with Crippen LogP contribution in [0.4, 0.5) is 0 Å². The lowest BCUT2D eigenvalue weighted by molar-refractivity contribution is 0.642. The van der Waals surface area contributed by atoms with Crippen LogP contribution in [0, 0.1) is 0 Å². The van der Waals surface area contributed by atoms with Gasteiger partial charge in [-0.1, -0.05) is 72.8 Å².